The van der Waals surface area contributed by atoms with E-state index in [2.05, 4.69) is 15.0 Å². The van der Waals surface area contributed by atoms with Gasteiger partial charge in [-0.25, -0.2) is 13.4 Å². The van der Waals surface area contributed by atoms with Crippen LogP contribution in [0.25, 0.3) is 0 Å². The van der Waals surface area contributed by atoms with Crippen LogP contribution in [0, 0.1) is 5.41 Å². The summed E-state index contributed by atoms with van der Waals surface area (Å²) in [7, 11) is -3.66. The molecule has 124 valence electrons. The molecular formula is C13H21N3O5S. The Labute approximate surface area is 129 Å². The van der Waals surface area contributed by atoms with E-state index in [-0.39, 0.29) is 24.7 Å². The maximum Gasteiger partial charge on any atom is 0.249 e. The number of aromatic nitrogens is 1. The van der Waals surface area contributed by atoms with Gasteiger partial charge in [0.05, 0.1) is 12.4 Å². The summed E-state index contributed by atoms with van der Waals surface area (Å²) in [5, 5.41) is 21.2. The van der Waals surface area contributed by atoms with Crippen LogP contribution < -0.4 is 10.0 Å². The van der Waals surface area contributed by atoms with Gasteiger partial charge in [0.15, 0.2) is 0 Å². The van der Waals surface area contributed by atoms with Gasteiger partial charge in [-0.3, -0.25) is 9.52 Å². The fraction of sp³-hybridized carbons (Fsp3) is 0.538. The molecule has 0 saturated heterocycles. The number of nitrogens with one attached hydrogen (secondary N) is 2. The first-order valence-corrected chi connectivity index (χ1v) is 8.31. The van der Waals surface area contributed by atoms with E-state index in [0.717, 1.165) is 0 Å². The van der Waals surface area contributed by atoms with E-state index >= 15 is 0 Å². The maximum atomic E-state index is 11.8. The van der Waals surface area contributed by atoms with Crippen LogP contribution >= 0.6 is 0 Å². The van der Waals surface area contributed by atoms with E-state index in [0.29, 0.717) is 0 Å². The molecule has 0 aliphatic carbocycles. The summed E-state index contributed by atoms with van der Waals surface area (Å²) in [5.74, 6) is -0.899. The molecule has 22 heavy (non-hydrogen) atoms. The molecule has 8 nitrogen and oxygen atoms in total. The Balaban J connectivity index is 2.48. The van der Waals surface area contributed by atoms with Crippen molar-refractivity contribution in [1.29, 1.82) is 0 Å². The summed E-state index contributed by atoms with van der Waals surface area (Å²) in [5.41, 5.74) is -1.00. The van der Waals surface area contributed by atoms with Gasteiger partial charge in [-0.15, -0.1) is 0 Å². The highest BCUT2D eigenvalue weighted by molar-refractivity contribution is 7.92. The van der Waals surface area contributed by atoms with Gasteiger partial charge in [-0.05, 0) is 12.1 Å². The molecule has 0 aliphatic rings. The molecule has 0 bridgehead atoms. The van der Waals surface area contributed by atoms with Crippen molar-refractivity contribution in [3.05, 3.63) is 24.4 Å². The minimum absolute atomic E-state index is 0.167. The number of anilines is 1. The number of hydrogen-bond donors (Lipinski definition) is 4. The molecule has 1 amide bonds. The quantitative estimate of drug-likeness (QED) is 0.499. The lowest BCUT2D eigenvalue weighted by Gasteiger charge is -2.27. The van der Waals surface area contributed by atoms with E-state index in [1.165, 1.54) is 26.1 Å². The second kappa shape index (κ2) is 7.52. The zero-order valence-corrected chi connectivity index (χ0v) is 13.3. The Morgan fingerprint density at radius 2 is 2.09 bits per heavy atom. The molecule has 0 fully saturated rings. The van der Waals surface area contributed by atoms with Crippen LogP contribution in [-0.4, -0.2) is 54.5 Å². The van der Waals surface area contributed by atoms with Crippen molar-refractivity contribution in [3.8, 4) is 0 Å². The molecule has 0 radical (unpaired) electrons. The van der Waals surface area contributed by atoms with Gasteiger partial charge in [-0.1, -0.05) is 19.9 Å². The van der Waals surface area contributed by atoms with E-state index in [9.17, 15) is 18.3 Å². The Morgan fingerprint density at radius 1 is 1.41 bits per heavy atom. The number of aliphatic hydroxyl groups excluding tert-OH is 2. The molecule has 9 heteroatoms. The van der Waals surface area contributed by atoms with Crippen molar-refractivity contribution in [3.63, 3.8) is 0 Å². The highest BCUT2D eigenvalue weighted by Crippen LogP contribution is 2.19. The molecule has 1 atom stereocenters. The third-order valence-electron chi connectivity index (χ3n) is 2.99. The van der Waals surface area contributed by atoms with E-state index < -0.39 is 27.4 Å². The number of rotatable bonds is 8. The smallest absolute Gasteiger partial charge is 0.249 e. The minimum Gasteiger partial charge on any atom is -0.396 e. The Morgan fingerprint density at radius 3 is 2.64 bits per heavy atom. The number of amides is 1. The molecule has 1 rings (SSSR count). The molecule has 0 aromatic carbocycles. The predicted molar refractivity (Wildman–Crippen MR) is 81.5 cm³/mol. The van der Waals surface area contributed by atoms with Crippen LogP contribution in [0.2, 0.25) is 0 Å². The number of hydrogen-bond acceptors (Lipinski definition) is 6. The zero-order valence-electron chi connectivity index (χ0n) is 12.5. The van der Waals surface area contributed by atoms with Crippen molar-refractivity contribution < 1.29 is 23.4 Å². The SMILES string of the molecule is CC(C)(CO)[C@@H](O)C(=O)NCCS(=O)(=O)Nc1ccccn1. The van der Waals surface area contributed by atoms with Crippen molar-refractivity contribution in [2.75, 3.05) is 23.6 Å². The summed E-state index contributed by atoms with van der Waals surface area (Å²) >= 11 is 0. The van der Waals surface area contributed by atoms with E-state index in [1.807, 2.05) is 0 Å². The Kier molecular flexibility index (Phi) is 6.27. The normalized spacial score (nSPS) is 13.5. The molecule has 0 aliphatic heterocycles. The number of carbonyl (C=O) groups is 1. The average Bonchev–Trinajstić information content (AvgIpc) is 2.46. The summed E-state index contributed by atoms with van der Waals surface area (Å²) < 4.78 is 25.9. The first-order valence-electron chi connectivity index (χ1n) is 6.66. The zero-order chi connectivity index (χ0) is 16.8. The van der Waals surface area contributed by atoms with Gasteiger partial charge in [0, 0.05) is 18.2 Å². The molecule has 1 heterocycles. The number of pyridine rings is 1. The first-order chi connectivity index (χ1) is 10.2. The van der Waals surface area contributed by atoms with Crippen LogP contribution in [-0.2, 0) is 14.8 Å². The molecule has 0 saturated carbocycles. The molecule has 0 unspecified atom stereocenters. The van der Waals surface area contributed by atoms with Gasteiger partial charge in [0.1, 0.15) is 11.9 Å². The summed E-state index contributed by atoms with van der Waals surface area (Å²) in [6.45, 7) is 2.51. The lowest BCUT2D eigenvalue weighted by molar-refractivity contribution is -0.136. The average molecular weight is 331 g/mol. The number of aliphatic hydroxyl groups is 2. The molecule has 0 spiro atoms. The monoisotopic (exact) mass is 331 g/mol. The van der Waals surface area contributed by atoms with Gasteiger partial charge in [0.25, 0.3) is 0 Å². The van der Waals surface area contributed by atoms with Gasteiger partial charge in [0.2, 0.25) is 15.9 Å². The third kappa shape index (κ3) is 5.58. The van der Waals surface area contributed by atoms with Crippen LogP contribution in [0.4, 0.5) is 5.82 Å². The fourth-order valence-electron chi connectivity index (χ4n) is 1.48. The Hall–Kier alpha value is -1.71. The Bertz CT molecular complexity index is 589. The molecular weight excluding hydrogens is 310 g/mol. The maximum absolute atomic E-state index is 11.8. The highest BCUT2D eigenvalue weighted by Gasteiger charge is 2.32. The van der Waals surface area contributed by atoms with Crippen LogP contribution in [0.15, 0.2) is 24.4 Å². The topological polar surface area (TPSA) is 129 Å². The fourth-order valence-corrected chi connectivity index (χ4v) is 2.39. The van der Waals surface area contributed by atoms with Crippen LogP contribution in [0.3, 0.4) is 0 Å². The second-order valence-corrected chi connectivity index (χ2v) is 7.32. The van der Waals surface area contributed by atoms with Crippen molar-refractivity contribution in [1.82, 2.24) is 10.3 Å². The minimum atomic E-state index is -3.66. The van der Waals surface area contributed by atoms with Crippen LogP contribution in [0.5, 0.6) is 0 Å². The predicted octanol–water partition coefficient (Wildman–Crippen LogP) is -0.681. The molecule has 1 aromatic heterocycles. The summed E-state index contributed by atoms with van der Waals surface area (Å²) in [6.07, 6.45) is 0.0245. The van der Waals surface area contributed by atoms with E-state index in [1.54, 1.807) is 12.1 Å². The lowest BCUT2D eigenvalue weighted by atomic mass is 9.87. The second-order valence-electron chi connectivity index (χ2n) is 5.48. The largest absolute Gasteiger partial charge is 0.396 e. The van der Waals surface area contributed by atoms with Crippen molar-refractivity contribution >= 4 is 21.7 Å². The van der Waals surface area contributed by atoms with Gasteiger partial charge >= 0.3 is 0 Å². The van der Waals surface area contributed by atoms with Crippen LogP contribution in [0.1, 0.15) is 13.8 Å². The number of sulfonamides is 1. The van der Waals surface area contributed by atoms with Crippen molar-refractivity contribution in [2.24, 2.45) is 5.41 Å². The molecule has 4 N–H and O–H groups in total. The number of carbonyl (C=O) groups excluding carboxylic acids is 1. The third-order valence-corrected chi connectivity index (χ3v) is 4.25. The molecule has 1 aromatic rings. The lowest BCUT2D eigenvalue weighted by Crippen LogP contribution is -2.46. The number of nitrogens with zero attached hydrogens (tertiary/aromatic N) is 1. The standard InChI is InChI=1S/C13H21N3O5S/c1-13(2,9-17)11(18)12(19)15-7-8-22(20,21)16-10-5-3-4-6-14-10/h3-6,11,17-18H,7-9H2,1-2H3,(H,14,16)(H,15,19)/t11-/m0/s1. The highest BCUT2D eigenvalue weighted by atomic mass is 32.2. The van der Waals surface area contributed by atoms with E-state index in [4.69, 9.17) is 5.11 Å². The van der Waals surface area contributed by atoms with Gasteiger partial charge < -0.3 is 15.5 Å². The summed E-state index contributed by atoms with van der Waals surface area (Å²) in [4.78, 5) is 15.5. The van der Waals surface area contributed by atoms with Gasteiger partial charge in [-0.2, -0.15) is 0 Å². The van der Waals surface area contributed by atoms with Crippen molar-refractivity contribution in [2.45, 2.75) is 20.0 Å². The summed E-state index contributed by atoms with van der Waals surface area (Å²) in [6, 6.07) is 4.80. The first kappa shape index (κ1) is 18.3.